The van der Waals surface area contributed by atoms with Gasteiger partial charge >= 0.3 is 0 Å². The molecular formula is C19H29N3O3S. The number of carbonyl (C=O) groups is 1. The van der Waals surface area contributed by atoms with E-state index in [0.717, 1.165) is 12.0 Å². The lowest BCUT2D eigenvalue weighted by atomic mass is 9.79. The first-order valence-electron chi connectivity index (χ1n) is 9.23. The molecule has 144 valence electrons. The summed E-state index contributed by atoms with van der Waals surface area (Å²) >= 11 is 0. The van der Waals surface area contributed by atoms with Crippen molar-refractivity contribution in [2.75, 3.05) is 37.7 Å². The Morgan fingerprint density at radius 1 is 1.23 bits per heavy atom. The van der Waals surface area contributed by atoms with Crippen molar-refractivity contribution in [1.82, 2.24) is 9.80 Å². The van der Waals surface area contributed by atoms with Gasteiger partial charge < -0.3 is 10.6 Å². The number of sulfone groups is 1. The lowest BCUT2D eigenvalue weighted by Crippen LogP contribution is -2.54. The number of hydrogen-bond donors (Lipinski definition) is 1. The van der Waals surface area contributed by atoms with Gasteiger partial charge in [-0.1, -0.05) is 26.0 Å². The zero-order valence-corrected chi connectivity index (χ0v) is 16.5. The van der Waals surface area contributed by atoms with Gasteiger partial charge in [0.15, 0.2) is 9.84 Å². The van der Waals surface area contributed by atoms with E-state index in [1.165, 1.54) is 0 Å². The third kappa shape index (κ3) is 4.45. The first-order chi connectivity index (χ1) is 12.2. The summed E-state index contributed by atoms with van der Waals surface area (Å²) in [4.78, 5) is 16.9. The molecule has 1 aromatic carbocycles. The van der Waals surface area contributed by atoms with Crippen LogP contribution in [0.1, 0.15) is 36.2 Å². The van der Waals surface area contributed by atoms with Crippen LogP contribution in [0.3, 0.4) is 0 Å². The van der Waals surface area contributed by atoms with Crippen molar-refractivity contribution in [2.24, 2.45) is 11.1 Å². The highest BCUT2D eigenvalue weighted by molar-refractivity contribution is 7.91. The Balaban J connectivity index is 1.66. The Morgan fingerprint density at radius 2 is 1.92 bits per heavy atom. The monoisotopic (exact) mass is 379 g/mol. The van der Waals surface area contributed by atoms with Crippen LogP contribution in [0.15, 0.2) is 24.3 Å². The molecule has 0 aliphatic carbocycles. The summed E-state index contributed by atoms with van der Waals surface area (Å²) in [5.41, 5.74) is 7.83. The largest absolute Gasteiger partial charge is 0.338 e. The molecule has 1 aromatic rings. The summed E-state index contributed by atoms with van der Waals surface area (Å²) < 4.78 is 23.1. The lowest BCUT2D eigenvalue weighted by molar-refractivity contribution is 0.0533. The van der Waals surface area contributed by atoms with Crippen molar-refractivity contribution >= 4 is 15.7 Å². The second-order valence-corrected chi connectivity index (χ2v) is 10.5. The molecule has 1 amide bonds. The molecule has 6 nitrogen and oxygen atoms in total. The predicted molar refractivity (Wildman–Crippen MR) is 103 cm³/mol. The van der Waals surface area contributed by atoms with Gasteiger partial charge in [0, 0.05) is 44.3 Å². The van der Waals surface area contributed by atoms with E-state index in [1.807, 2.05) is 29.2 Å². The van der Waals surface area contributed by atoms with Gasteiger partial charge in [0.25, 0.3) is 5.91 Å². The molecule has 1 atom stereocenters. The minimum absolute atomic E-state index is 0.0491. The molecule has 0 spiro atoms. The zero-order chi connectivity index (χ0) is 18.9. The third-order valence-electron chi connectivity index (χ3n) is 5.62. The zero-order valence-electron chi connectivity index (χ0n) is 15.6. The van der Waals surface area contributed by atoms with Crippen LogP contribution in [0.2, 0.25) is 0 Å². The van der Waals surface area contributed by atoms with E-state index in [9.17, 15) is 13.2 Å². The Labute approximate surface area is 156 Å². The number of piperidine rings is 1. The van der Waals surface area contributed by atoms with Crippen LogP contribution in [0.4, 0.5) is 0 Å². The molecule has 2 heterocycles. The summed E-state index contributed by atoms with van der Waals surface area (Å²) in [6.45, 7) is 7.36. The SMILES string of the molecule is CC1(C)CN(C(=O)c2cccc(CN3CCS(=O)(=O)CC3)c2)CCC1N. The number of nitrogens with zero attached hydrogens (tertiary/aromatic N) is 2. The highest BCUT2D eigenvalue weighted by Gasteiger charge is 2.35. The van der Waals surface area contributed by atoms with Gasteiger partial charge in [-0.3, -0.25) is 9.69 Å². The molecule has 0 radical (unpaired) electrons. The molecule has 26 heavy (non-hydrogen) atoms. The molecule has 3 rings (SSSR count). The quantitative estimate of drug-likeness (QED) is 0.851. The second-order valence-electron chi connectivity index (χ2n) is 8.24. The van der Waals surface area contributed by atoms with Crippen molar-refractivity contribution in [3.8, 4) is 0 Å². The summed E-state index contributed by atoms with van der Waals surface area (Å²) in [7, 11) is -2.87. The first kappa shape index (κ1) is 19.3. The molecule has 2 fully saturated rings. The molecule has 2 saturated heterocycles. The van der Waals surface area contributed by atoms with E-state index in [-0.39, 0.29) is 28.9 Å². The van der Waals surface area contributed by atoms with E-state index in [0.29, 0.717) is 38.3 Å². The molecule has 2 aliphatic rings. The van der Waals surface area contributed by atoms with E-state index in [4.69, 9.17) is 5.73 Å². The Kier molecular flexibility index (Phi) is 5.42. The molecular weight excluding hydrogens is 350 g/mol. The van der Waals surface area contributed by atoms with Crippen molar-refractivity contribution in [3.63, 3.8) is 0 Å². The number of likely N-dealkylation sites (tertiary alicyclic amines) is 1. The van der Waals surface area contributed by atoms with Gasteiger partial charge in [0.05, 0.1) is 11.5 Å². The van der Waals surface area contributed by atoms with Crippen molar-refractivity contribution in [1.29, 1.82) is 0 Å². The van der Waals surface area contributed by atoms with Crippen LogP contribution in [0.25, 0.3) is 0 Å². The summed E-state index contributed by atoms with van der Waals surface area (Å²) in [6, 6.07) is 7.81. The standard InChI is InChI=1S/C19H29N3O3S/c1-19(2)14-22(7-6-17(19)20)18(23)16-5-3-4-15(12-16)13-21-8-10-26(24,25)11-9-21/h3-5,12,17H,6-11,13-14,20H2,1-2H3. The maximum absolute atomic E-state index is 12.9. The number of rotatable bonds is 3. The van der Waals surface area contributed by atoms with Gasteiger partial charge in [-0.25, -0.2) is 8.42 Å². The molecule has 1 unspecified atom stereocenters. The molecule has 0 bridgehead atoms. The maximum Gasteiger partial charge on any atom is 0.253 e. The minimum atomic E-state index is -2.87. The van der Waals surface area contributed by atoms with Crippen LogP contribution in [-0.4, -0.2) is 67.9 Å². The summed E-state index contributed by atoms with van der Waals surface area (Å²) in [6.07, 6.45) is 0.820. The molecule has 7 heteroatoms. The van der Waals surface area contributed by atoms with Gasteiger partial charge in [-0.05, 0) is 29.5 Å². The van der Waals surface area contributed by atoms with E-state index < -0.39 is 9.84 Å². The molecule has 2 aliphatic heterocycles. The fourth-order valence-corrected chi connectivity index (χ4v) is 4.98. The highest BCUT2D eigenvalue weighted by Crippen LogP contribution is 2.28. The van der Waals surface area contributed by atoms with E-state index >= 15 is 0 Å². The van der Waals surface area contributed by atoms with Crippen molar-refractivity contribution in [2.45, 2.75) is 32.9 Å². The average molecular weight is 380 g/mol. The lowest BCUT2D eigenvalue weighted by Gasteiger charge is -2.42. The van der Waals surface area contributed by atoms with E-state index in [2.05, 4.69) is 18.7 Å². The third-order valence-corrected chi connectivity index (χ3v) is 7.23. The number of amides is 1. The van der Waals surface area contributed by atoms with Gasteiger partial charge in [0.1, 0.15) is 0 Å². The highest BCUT2D eigenvalue weighted by atomic mass is 32.2. The van der Waals surface area contributed by atoms with Crippen molar-refractivity contribution in [3.05, 3.63) is 35.4 Å². The van der Waals surface area contributed by atoms with Gasteiger partial charge in [-0.15, -0.1) is 0 Å². The van der Waals surface area contributed by atoms with Crippen LogP contribution in [0, 0.1) is 5.41 Å². The number of hydrogen-bond acceptors (Lipinski definition) is 5. The number of benzene rings is 1. The minimum Gasteiger partial charge on any atom is -0.338 e. The smallest absolute Gasteiger partial charge is 0.253 e. The topological polar surface area (TPSA) is 83.7 Å². The summed E-state index contributed by atoms with van der Waals surface area (Å²) in [5.74, 6) is 0.483. The maximum atomic E-state index is 12.9. The van der Waals surface area contributed by atoms with Crippen LogP contribution in [0.5, 0.6) is 0 Å². The summed E-state index contributed by atoms with van der Waals surface area (Å²) in [5, 5.41) is 0. The fourth-order valence-electron chi connectivity index (χ4n) is 3.70. The average Bonchev–Trinajstić information content (AvgIpc) is 2.59. The van der Waals surface area contributed by atoms with Crippen LogP contribution >= 0.6 is 0 Å². The number of carbonyl (C=O) groups excluding carboxylic acids is 1. The normalized spacial score (nSPS) is 25.8. The fraction of sp³-hybridized carbons (Fsp3) is 0.632. The van der Waals surface area contributed by atoms with E-state index in [1.54, 1.807) is 0 Å². The number of nitrogens with two attached hydrogens (primary N) is 1. The van der Waals surface area contributed by atoms with Crippen molar-refractivity contribution < 1.29 is 13.2 Å². The predicted octanol–water partition coefficient (Wildman–Crippen LogP) is 1.12. The Morgan fingerprint density at radius 3 is 2.58 bits per heavy atom. The molecule has 2 N–H and O–H groups in total. The molecule has 0 aromatic heterocycles. The van der Waals surface area contributed by atoms with Gasteiger partial charge in [0.2, 0.25) is 0 Å². The Bertz CT molecular complexity index is 762. The Hall–Kier alpha value is -1.44. The molecule has 0 saturated carbocycles. The van der Waals surface area contributed by atoms with Crippen LogP contribution in [-0.2, 0) is 16.4 Å². The second kappa shape index (κ2) is 7.29. The van der Waals surface area contributed by atoms with Crippen LogP contribution < -0.4 is 5.73 Å². The first-order valence-corrected chi connectivity index (χ1v) is 11.0. The van der Waals surface area contributed by atoms with Gasteiger partial charge in [-0.2, -0.15) is 0 Å².